The molecule has 1 aliphatic heterocycles. The summed E-state index contributed by atoms with van der Waals surface area (Å²) in [6.45, 7) is 4.84. The van der Waals surface area contributed by atoms with Crippen LogP contribution in [0.1, 0.15) is 49.9 Å². The summed E-state index contributed by atoms with van der Waals surface area (Å²) in [5, 5.41) is 2.68. The average Bonchev–Trinajstić information content (AvgIpc) is 2.71. The van der Waals surface area contributed by atoms with Gasteiger partial charge in [-0.1, -0.05) is 26.7 Å². The molecule has 1 aliphatic rings. The molecule has 1 amide bonds. The third kappa shape index (κ3) is 5.07. The summed E-state index contributed by atoms with van der Waals surface area (Å²) < 4.78 is 31.6. The molecule has 1 saturated heterocycles. The van der Waals surface area contributed by atoms with Crippen molar-refractivity contribution >= 4 is 21.9 Å². The average molecular weight is 397 g/mol. The molecule has 1 N–H and O–H groups in total. The summed E-state index contributed by atoms with van der Waals surface area (Å²) in [6, 6.07) is 5.07. The number of hydrogen-bond acceptors (Lipinski definition) is 5. The van der Waals surface area contributed by atoms with Gasteiger partial charge in [-0.3, -0.25) is 4.79 Å². The van der Waals surface area contributed by atoms with E-state index < -0.39 is 27.9 Å². The van der Waals surface area contributed by atoms with Crippen LogP contribution in [0.4, 0.5) is 0 Å². The van der Waals surface area contributed by atoms with Crippen LogP contribution in [0.15, 0.2) is 29.2 Å². The lowest BCUT2D eigenvalue weighted by Gasteiger charge is -2.26. The van der Waals surface area contributed by atoms with Gasteiger partial charge < -0.3 is 10.1 Å². The van der Waals surface area contributed by atoms with Gasteiger partial charge in [0.1, 0.15) is 6.04 Å². The van der Waals surface area contributed by atoms with Crippen LogP contribution in [-0.2, 0) is 19.6 Å². The zero-order valence-corrected chi connectivity index (χ0v) is 16.9. The monoisotopic (exact) mass is 396 g/mol. The Kier molecular flexibility index (Phi) is 7.38. The molecule has 1 aromatic carbocycles. The molecule has 0 aliphatic carbocycles. The van der Waals surface area contributed by atoms with E-state index in [0.717, 1.165) is 19.3 Å². The lowest BCUT2D eigenvalue weighted by atomic mass is 9.99. The summed E-state index contributed by atoms with van der Waals surface area (Å²) in [5.41, 5.74) is 0.296. The predicted octanol–water partition coefficient (Wildman–Crippen LogP) is 2.18. The largest absolute Gasteiger partial charge is 0.467 e. The molecule has 0 radical (unpaired) electrons. The third-order valence-corrected chi connectivity index (χ3v) is 6.94. The second kappa shape index (κ2) is 9.32. The molecule has 27 heavy (non-hydrogen) atoms. The minimum Gasteiger partial charge on any atom is -0.467 e. The predicted molar refractivity (Wildman–Crippen MR) is 102 cm³/mol. The molecular formula is C19H28N2O5S. The van der Waals surface area contributed by atoms with Crippen LogP contribution in [0, 0.1) is 5.92 Å². The van der Waals surface area contributed by atoms with Crippen LogP contribution in [0.3, 0.4) is 0 Å². The molecule has 0 spiro atoms. The normalized spacial score (nSPS) is 17.7. The van der Waals surface area contributed by atoms with Crippen LogP contribution < -0.4 is 5.32 Å². The van der Waals surface area contributed by atoms with Crippen molar-refractivity contribution < 1.29 is 22.7 Å². The highest BCUT2D eigenvalue weighted by molar-refractivity contribution is 7.89. The van der Waals surface area contributed by atoms with Gasteiger partial charge in [-0.15, -0.1) is 0 Å². The SMILES string of the molecule is CC[C@H](C)[C@@H](NC(=O)c1ccc(S(=O)(=O)N2CCCCC2)cc1)C(=O)OC. The molecule has 0 saturated carbocycles. The Morgan fingerprint density at radius 3 is 2.26 bits per heavy atom. The van der Waals surface area contributed by atoms with Gasteiger partial charge >= 0.3 is 5.97 Å². The first-order valence-electron chi connectivity index (χ1n) is 9.30. The van der Waals surface area contributed by atoms with E-state index in [1.165, 1.54) is 35.7 Å². The smallest absolute Gasteiger partial charge is 0.328 e. The third-order valence-electron chi connectivity index (χ3n) is 5.02. The van der Waals surface area contributed by atoms with Crippen LogP contribution in [0.2, 0.25) is 0 Å². The van der Waals surface area contributed by atoms with E-state index >= 15 is 0 Å². The maximum atomic E-state index is 12.7. The summed E-state index contributed by atoms with van der Waals surface area (Å²) in [6.07, 6.45) is 3.48. The molecule has 1 aromatic rings. The van der Waals surface area contributed by atoms with Crippen molar-refractivity contribution in [2.45, 2.75) is 50.5 Å². The first-order chi connectivity index (χ1) is 12.8. The van der Waals surface area contributed by atoms with Gasteiger partial charge in [0.2, 0.25) is 10.0 Å². The fraction of sp³-hybridized carbons (Fsp3) is 0.579. The van der Waals surface area contributed by atoms with E-state index in [1.807, 2.05) is 13.8 Å². The van der Waals surface area contributed by atoms with Gasteiger partial charge in [-0.2, -0.15) is 4.31 Å². The maximum Gasteiger partial charge on any atom is 0.328 e. The first-order valence-corrected chi connectivity index (χ1v) is 10.7. The fourth-order valence-corrected chi connectivity index (χ4v) is 4.57. The number of benzene rings is 1. The zero-order valence-electron chi connectivity index (χ0n) is 16.1. The van der Waals surface area contributed by atoms with Gasteiger partial charge in [0, 0.05) is 18.7 Å². The topological polar surface area (TPSA) is 92.8 Å². The quantitative estimate of drug-likeness (QED) is 0.713. The van der Waals surface area contributed by atoms with Crippen molar-refractivity contribution in [1.29, 1.82) is 0 Å². The Morgan fingerprint density at radius 1 is 1.15 bits per heavy atom. The van der Waals surface area contributed by atoms with E-state index in [-0.39, 0.29) is 10.8 Å². The zero-order chi connectivity index (χ0) is 20.0. The highest BCUT2D eigenvalue weighted by Crippen LogP contribution is 2.21. The number of carbonyl (C=O) groups excluding carboxylic acids is 2. The molecule has 8 heteroatoms. The number of nitrogens with one attached hydrogen (secondary N) is 1. The molecule has 2 rings (SSSR count). The van der Waals surface area contributed by atoms with E-state index in [0.29, 0.717) is 25.1 Å². The Hall–Kier alpha value is -1.93. The van der Waals surface area contributed by atoms with E-state index in [2.05, 4.69) is 5.32 Å². The van der Waals surface area contributed by atoms with Crippen molar-refractivity contribution in [1.82, 2.24) is 9.62 Å². The molecule has 0 aromatic heterocycles. The number of esters is 1. The molecular weight excluding hydrogens is 368 g/mol. The highest BCUT2D eigenvalue weighted by Gasteiger charge is 2.28. The molecule has 2 atom stereocenters. The lowest BCUT2D eigenvalue weighted by molar-refractivity contribution is -0.144. The Balaban J connectivity index is 2.13. The van der Waals surface area contributed by atoms with Crippen LogP contribution in [-0.4, -0.2) is 50.8 Å². The number of amides is 1. The molecule has 0 unspecified atom stereocenters. The van der Waals surface area contributed by atoms with Crippen molar-refractivity contribution in [2.24, 2.45) is 5.92 Å². The number of hydrogen-bond donors (Lipinski definition) is 1. The molecule has 0 bridgehead atoms. The number of carbonyl (C=O) groups is 2. The van der Waals surface area contributed by atoms with Crippen molar-refractivity contribution in [3.05, 3.63) is 29.8 Å². The van der Waals surface area contributed by atoms with Gasteiger partial charge in [-0.25, -0.2) is 13.2 Å². The number of sulfonamides is 1. The number of rotatable bonds is 7. The summed E-state index contributed by atoms with van der Waals surface area (Å²) in [5.74, 6) is -1.02. The van der Waals surface area contributed by atoms with E-state index in [9.17, 15) is 18.0 Å². The maximum absolute atomic E-state index is 12.7. The minimum absolute atomic E-state index is 0.0832. The first kappa shape index (κ1) is 21.4. The summed E-state index contributed by atoms with van der Waals surface area (Å²) in [7, 11) is -2.25. The summed E-state index contributed by atoms with van der Waals surface area (Å²) in [4.78, 5) is 24.6. The second-order valence-corrected chi connectivity index (χ2v) is 8.79. The Bertz CT molecular complexity index is 755. The van der Waals surface area contributed by atoms with Gasteiger partial charge in [0.25, 0.3) is 5.91 Å². The van der Waals surface area contributed by atoms with Gasteiger partial charge in [-0.05, 0) is 43.0 Å². The number of methoxy groups -OCH3 is 1. The van der Waals surface area contributed by atoms with Crippen molar-refractivity contribution in [3.8, 4) is 0 Å². The highest BCUT2D eigenvalue weighted by atomic mass is 32.2. The lowest BCUT2D eigenvalue weighted by Crippen LogP contribution is -2.45. The number of nitrogens with zero attached hydrogens (tertiary/aromatic N) is 1. The standard InChI is InChI=1S/C19H28N2O5S/c1-4-14(2)17(19(23)26-3)20-18(22)15-8-10-16(11-9-15)27(24,25)21-12-6-5-7-13-21/h8-11,14,17H,4-7,12-13H2,1-3H3,(H,20,22)/t14-,17+/m0/s1. The fourth-order valence-electron chi connectivity index (χ4n) is 3.05. The van der Waals surface area contributed by atoms with E-state index in [1.54, 1.807) is 0 Å². The minimum atomic E-state index is -3.53. The Morgan fingerprint density at radius 2 is 1.74 bits per heavy atom. The molecule has 1 fully saturated rings. The van der Waals surface area contributed by atoms with Crippen LogP contribution in [0.25, 0.3) is 0 Å². The molecule has 150 valence electrons. The van der Waals surface area contributed by atoms with Crippen molar-refractivity contribution in [2.75, 3.05) is 20.2 Å². The van der Waals surface area contributed by atoms with Crippen LogP contribution >= 0.6 is 0 Å². The summed E-state index contributed by atoms with van der Waals surface area (Å²) >= 11 is 0. The van der Waals surface area contributed by atoms with Crippen LogP contribution in [0.5, 0.6) is 0 Å². The molecule has 7 nitrogen and oxygen atoms in total. The van der Waals surface area contributed by atoms with Crippen molar-refractivity contribution in [3.63, 3.8) is 0 Å². The second-order valence-electron chi connectivity index (χ2n) is 6.85. The van der Waals surface area contributed by atoms with E-state index in [4.69, 9.17) is 4.74 Å². The number of ether oxygens (including phenoxy) is 1. The molecule has 1 heterocycles. The Labute approximate surface area is 161 Å². The number of piperidine rings is 1. The van der Waals surface area contributed by atoms with Gasteiger partial charge in [0.15, 0.2) is 0 Å². The van der Waals surface area contributed by atoms with Gasteiger partial charge in [0.05, 0.1) is 12.0 Å².